The van der Waals surface area contributed by atoms with Crippen LogP contribution in [0.5, 0.6) is 5.75 Å². The Bertz CT molecular complexity index is 648. The predicted molar refractivity (Wildman–Crippen MR) is 138 cm³/mol. The maximum atomic E-state index is 8.93. The highest BCUT2D eigenvalue weighted by atomic mass is 79.9. The minimum atomic E-state index is 0.431. The predicted octanol–water partition coefficient (Wildman–Crippen LogP) is 7.80. The summed E-state index contributed by atoms with van der Waals surface area (Å²) < 4.78 is 5.00. The molecule has 0 saturated carbocycles. The summed E-state index contributed by atoms with van der Waals surface area (Å²) >= 11 is 3.46. The van der Waals surface area contributed by atoms with Crippen molar-refractivity contribution in [1.82, 2.24) is 10.0 Å². The van der Waals surface area contributed by atoms with Crippen LogP contribution in [0.15, 0.2) is 49.7 Å². The molecule has 30 heavy (non-hydrogen) atoms. The number of aromatic nitrogens is 1. The fraction of sp³-hybridized carbons (Fsp3) is 0.440. The van der Waals surface area contributed by atoms with Crippen molar-refractivity contribution in [2.24, 2.45) is 0 Å². The van der Waals surface area contributed by atoms with Gasteiger partial charge in [0.05, 0.1) is 7.11 Å². The zero-order valence-electron chi connectivity index (χ0n) is 20.4. The Labute approximate surface area is 193 Å². The van der Waals surface area contributed by atoms with E-state index < -0.39 is 0 Å². The fourth-order valence-corrected chi connectivity index (χ4v) is 2.16. The number of hydroxylamine groups is 2. The molecule has 0 radical (unpaired) electrons. The summed E-state index contributed by atoms with van der Waals surface area (Å²) in [5.41, 5.74) is 4.91. The molecule has 5 heteroatoms. The van der Waals surface area contributed by atoms with Crippen molar-refractivity contribution >= 4 is 22.0 Å². The van der Waals surface area contributed by atoms with Gasteiger partial charge in [-0.15, -0.1) is 13.2 Å². The first-order valence-electron chi connectivity index (χ1n) is 10.3. The first-order chi connectivity index (χ1) is 14.3. The van der Waals surface area contributed by atoms with E-state index in [9.17, 15) is 0 Å². The lowest BCUT2D eigenvalue weighted by Crippen LogP contribution is -2.11. The number of alkyl halides is 1. The average Bonchev–Trinajstić information content (AvgIpc) is 3.09. The van der Waals surface area contributed by atoms with E-state index >= 15 is 0 Å². The summed E-state index contributed by atoms with van der Waals surface area (Å²) in [6, 6.07) is 7.59. The highest BCUT2D eigenvalue weighted by Crippen LogP contribution is 2.14. The Kier molecular flexibility index (Phi) is 23.9. The van der Waals surface area contributed by atoms with E-state index in [0.29, 0.717) is 11.4 Å². The number of halogens is 1. The number of aryl methyl sites for hydroxylation is 1. The van der Waals surface area contributed by atoms with E-state index in [0.717, 1.165) is 16.4 Å². The molecule has 1 atom stereocenters. The lowest BCUT2D eigenvalue weighted by Gasteiger charge is -2.07. The van der Waals surface area contributed by atoms with Gasteiger partial charge in [-0.1, -0.05) is 61.8 Å². The Hall–Kier alpha value is -1.82. The lowest BCUT2D eigenvalue weighted by atomic mass is 10.2. The van der Waals surface area contributed by atoms with Gasteiger partial charge in [-0.05, 0) is 55.7 Å². The normalized spacial score (nSPS) is 10.3. The molecule has 0 amide bonds. The molecule has 0 aliphatic carbocycles. The number of hydrogen-bond acceptors (Lipinski definition) is 3. The van der Waals surface area contributed by atoms with Gasteiger partial charge < -0.3 is 14.9 Å². The van der Waals surface area contributed by atoms with Crippen LogP contribution >= 0.6 is 15.9 Å². The van der Waals surface area contributed by atoms with E-state index in [1.807, 2.05) is 58.2 Å². The molecule has 0 saturated heterocycles. The van der Waals surface area contributed by atoms with E-state index in [-0.39, 0.29) is 0 Å². The van der Waals surface area contributed by atoms with Crippen LogP contribution in [0.1, 0.15) is 57.0 Å². The second-order valence-electron chi connectivity index (χ2n) is 5.71. The van der Waals surface area contributed by atoms with Gasteiger partial charge in [0, 0.05) is 30.3 Å². The molecule has 0 fully saturated rings. The van der Waals surface area contributed by atoms with Gasteiger partial charge in [0.1, 0.15) is 5.75 Å². The van der Waals surface area contributed by atoms with Gasteiger partial charge in [-0.2, -0.15) is 5.06 Å². The molecule has 2 rings (SSSR count). The zero-order valence-corrected chi connectivity index (χ0v) is 22.0. The van der Waals surface area contributed by atoms with Crippen LogP contribution in [0.2, 0.25) is 0 Å². The monoisotopic (exact) mass is 482 g/mol. The molecule has 1 aromatic carbocycles. The summed E-state index contributed by atoms with van der Waals surface area (Å²) in [7, 11) is 3.25. The molecule has 1 unspecified atom stereocenters. The largest absolute Gasteiger partial charge is 0.497 e. The van der Waals surface area contributed by atoms with Crippen molar-refractivity contribution in [2.45, 2.75) is 59.8 Å². The summed E-state index contributed by atoms with van der Waals surface area (Å²) in [4.78, 5) is 3.65. The Morgan fingerprint density at radius 2 is 1.63 bits per heavy atom. The quantitative estimate of drug-likeness (QED) is 0.259. The minimum Gasteiger partial charge on any atom is -0.497 e. The van der Waals surface area contributed by atoms with Crippen LogP contribution in [-0.2, 0) is 6.54 Å². The number of nitrogens with zero attached hydrogens (tertiary/aromatic N) is 1. The molecule has 0 aliphatic rings. The number of ether oxygens (including phenoxy) is 1. The lowest BCUT2D eigenvalue weighted by molar-refractivity contribution is -0.0731. The third-order valence-corrected chi connectivity index (χ3v) is 3.84. The number of hydrogen-bond donors (Lipinski definition) is 2. The molecular weight excluding hydrogens is 440 g/mol. The van der Waals surface area contributed by atoms with Crippen molar-refractivity contribution in [3.05, 3.63) is 72.1 Å². The number of benzene rings is 1. The number of allylic oxidation sites excluding steroid dienone is 1. The highest BCUT2D eigenvalue weighted by Gasteiger charge is 1.99. The molecule has 2 N–H and O–H groups in total. The second kappa shape index (κ2) is 21.9. The van der Waals surface area contributed by atoms with Crippen LogP contribution in [0.3, 0.4) is 0 Å². The van der Waals surface area contributed by atoms with Crippen molar-refractivity contribution in [3.8, 4) is 5.75 Å². The van der Waals surface area contributed by atoms with Crippen LogP contribution in [0, 0.1) is 13.8 Å². The minimum absolute atomic E-state index is 0.431. The summed E-state index contributed by atoms with van der Waals surface area (Å²) in [5, 5.41) is 10.1. The van der Waals surface area contributed by atoms with Gasteiger partial charge in [0.15, 0.2) is 0 Å². The maximum absolute atomic E-state index is 8.93. The summed E-state index contributed by atoms with van der Waals surface area (Å²) in [6.07, 6.45) is 6.27. The van der Waals surface area contributed by atoms with E-state index in [1.165, 1.54) is 16.8 Å². The molecule has 4 nitrogen and oxygen atoms in total. The Morgan fingerprint density at radius 3 is 1.97 bits per heavy atom. The number of methoxy groups -OCH3 is 1. The molecule has 0 spiro atoms. The maximum Gasteiger partial charge on any atom is 0.118 e. The number of aromatic amines is 1. The average molecular weight is 484 g/mol. The third kappa shape index (κ3) is 16.0. The molecule has 1 heterocycles. The Balaban J connectivity index is -0.000000389. The number of rotatable bonds is 5. The molecule has 0 bridgehead atoms. The summed E-state index contributed by atoms with van der Waals surface area (Å²) in [5.74, 6) is 0.833. The molecule has 1 aromatic heterocycles. The van der Waals surface area contributed by atoms with Crippen molar-refractivity contribution < 1.29 is 9.94 Å². The van der Waals surface area contributed by atoms with Gasteiger partial charge in [-0.3, -0.25) is 0 Å². The third-order valence-electron chi connectivity index (χ3n) is 3.54. The van der Waals surface area contributed by atoms with Crippen molar-refractivity contribution in [2.75, 3.05) is 14.2 Å². The molecule has 2 aromatic rings. The van der Waals surface area contributed by atoms with Gasteiger partial charge >= 0.3 is 0 Å². The topological polar surface area (TPSA) is 48.5 Å². The van der Waals surface area contributed by atoms with Crippen LogP contribution in [-0.4, -0.2) is 34.2 Å². The highest BCUT2D eigenvalue weighted by molar-refractivity contribution is 9.09. The Morgan fingerprint density at radius 1 is 1.13 bits per heavy atom. The first-order valence-corrected chi connectivity index (χ1v) is 11.2. The number of nitrogens with one attached hydrogen (secondary N) is 1. The van der Waals surface area contributed by atoms with Crippen molar-refractivity contribution in [3.63, 3.8) is 0 Å². The zero-order chi connectivity index (χ0) is 24.1. The van der Waals surface area contributed by atoms with E-state index in [4.69, 9.17) is 9.94 Å². The van der Waals surface area contributed by atoms with Crippen LogP contribution in [0.4, 0.5) is 0 Å². The second-order valence-corrected chi connectivity index (χ2v) is 7.16. The van der Waals surface area contributed by atoms with E-state index in [2.05, 4.69) is 67.0 Å². The SMILES string of the molecule is C=C.CC.CC.COc1ccc(CN(C)O)cc1.Cc1c[nH]c(/C=C\C(C)Br)c1C. The van der Waals surface area contributed by atoms with E-state index in [1.54, 1.807) is 14.2 Å². The summed E-state index contributed by atoms with van der Waals surface area (Å²) in [6.45, 7) is 20.9. The van der Waals surface area contributed by atoms with Crippen LogP contribution in [0.25, 0.3) is 6.08 Å². The van der Waals surface area contributed by atoms with Gasteiger partial charge in [-0.25, -0.2) is 0 Å². The smallest absolute Gasteiger partial charge is 0.118 e. The van der Waals surface area contributed by atoms with Crippen molar-refractivity contribution in [1.29, 1.82) is 0 Å². The molecular formula is C25H43BrN2O2. The first kappa shape index (κ1) is 32.8. The molecule has 0 aliphatic heterocycles. The van der Waals surface area contributed by atoms with Gasteiger partial charge in [0.2, 0.25) is 0 Å². The van der Waals surface area contributed by atoms with Gasteiger partial charge in [0.25, 0.3) is 0 Å². The van der Waals surface area contributed by atoms with Crippen LogP contribution < -0.4 is 4.74 Å². The standard InChI is InChI=1S/C10H14BrN.C9H13NO2.2C2H6.C2H4/c1-7-6-12-10(9(7)3)5-4-8(2)11;1-10(11)7-8-3-5-9(12-2)6-4-8;3*1-2/h4-6,8,12H,1-3H3;3-6,11H,7H2,1-2H3;2*1-2H3;1-2H2/b5-4-;;;;. The molecule has 172 valence electrons. The number of H-pyrrole nitrogens is 1. The fourth-order valence-electron chi connectivity index (χ4n) is 2.01.